The van der Waals surface area contributed by atoms with Gasteiger partial charge in [0, 0.05) is 26.2 Å². The van der Waals surface area contributed by atoms with Crippen LogP contribution in [0.1, 0.15) is 40.4 Å². The zero-order valence-corrected chi connectivity index (χ0v) is 18.1. The van der Waals surface area contributed by atoms with Crippen molar-refractivity contribution < 1.29 is 23.5 Å². The second kappa shape index (κ2) is 8.70. The lowest BCUT2D eigenvalue weighted by Gasteiger charge is -2.43. The van der Waals surface area contributed by atoms with Crippen LogP contribution in [0.4, 0.5) is 4.39 Å². The van der Waals surface area contributed by atoms with E-state index in [1.165, 1.54) is 23.4 Å². The molecule has 32 heavy (non-hydrogen) atoms. The van der Waals surface area contributed by atoms with Crippen molar-refractivity contribution in [2.24, 2.45) is 0 Å². The Morgan fingerprint density at radius 1 is 1.22 bits per heavy atom. The zero-order valence-electron chi connectivity index (χ0n) is 18.1. The highest BCUT2D eigenvalue weighted by Gasteiger charge is 2.48. The van der Waals surface area contributed by atoms with Crippen molar-refractivity contribution >= 4 is 17.7 Å². The van der Waals surface area contributed by atoms with Crippen LogP contribution in [0.5, 0.6) is 0 Å². The first kappa shape index (κ1) is 21.9. The van der Waals surface area contributed by atoms with Crippen LogP contribution in [0.2, 0.25) is 0 Å². The molecule has 2 aliphatic heterocycles. The third-order valence-electron chi connectivity index (χ3n) is 6.03. The molecule has 9 nitrogen and oxygen atoms in total. The van der Waals surface area contributed by atoms with Gasteiger partial charge in [0.05, 0.1) is 26.1 Å². The van der Waals surface area contributed by atoms with Crippen molar-refractivity contribution in [3.05, 3.63) is 53.4 Å². The number of ether oxygens (including phenoxy) is 1. The number of nitrogens with one attached hydrogen (secondary N) is 1. The van der Waals surface area contributed by atoms with Gasteiger partial charge in [-0.25, -0.2) is 9.37 Å². The Morgan fingerprint density at radius 3 is 2.56 bits per heavy atom. The van der Waals surface area contributed by atoms with Gasteiger partial charge in [0.25, 0.3) is 11.8 Å². The summed E-state index contributed by atoms with van der Waals surface area (Å²) in [6.45, 7) is 5.93. The number of rotatable bonds is 5. The van der Waals surface area contributed by atoms with Gasteiger partial charge < -0.3 is 24.4 Å². The Balaban J connectivity index is 1.56. The fraction of sp³-hybridized carbons (Fsp3) is 0.455. The number of nitrogens with zero attached hydrogens (tertiary/aromatic N) is 4. The molecule has 0 saturated carbocycles. The Labute approximate surface area is 185 Å². The third kappa shape index (κ3) is 3.86. The minimum absolute atomic E-state index is 0.101. The molecule has 3 heterocycles. The van der Waals surface area contributed by atoms with Gasteiger partial charge in [0.15, 0.2) is 5.69 Å². The minimum Gasteiger partial charge on any atom is -0.378 e. The first-order valence-corrected chi connectivity index (χ1v) is 10.6. The highest BCUT2D eigenvalue weighted by molar-refractivity contribution is 6.07. The van der Waals surface area contributed by atoms with E-state index in [1.54, 1.807) is 35.4 Å². The Morgan fingerprint density at radius 2 is 1.91 bits per heavy atom. The highest BCUT2D eigenvalue weighted by atomic mass is 19.1. The molecule has 1 aromatic carbocycles. The summed E-state index contributed by atoms with van der Waals surface area (Å²) in [5.74, 6) is -1.40. The second-order valence-corrected chi connectivity index (χ2v) is 8.11. The number of benzene rings is 1. The van der Waals surface area contributed by atoms with Crippen LogP contribution in [0, 0.1) is 5.82 Å². The molecule has 1 fully saturated rings. The standard InChI is InChI=1S/C22H26FN5O4/c1-3-28-20(30)18-17(19(29)26-8-10-32-11-9-26)25-14-27(18)13-22(28,2)21(31)24-12-15-4-6-16(23)7-5-15/h4-7,14H,3,8-13H2,1-2H3,(H,24,31)/t22-/m0/s1. The molecule has 2 aromatic rings. The van der Waals surface area contributed by atoms with Crippen molar-refractivity contribution in [3.8, 4) is 0 Å². The molecule has 3 amide bonds. The number of carbonyl (C=O) groups excluding carboxylic acids is 3. The number of hydrogen-bond acceptors (Lipinski definition) is 5. The van der Waals surface area contributed by atoms with Gasteiger partial charge in [-0.3, -0.25) is 14.4 Å². The molecule has 0 bridgehead atoms. The maximum absolute atomic E-state index is 13.4. The summed E-state index contributed by atoms with van der Waals surface area (Å²) in [6.07, 6.45) is 1.44. The average Bonchev–Trinajstić information content (AvgIpc) is 3.22. The van der Waals surface area contributed by atoms with Crippen LogP contribution in [-0.4, -0.2) is 75.5 Å². The van der Waals surface area contributed by atoms with Crippen molar-refractivity contribution in [2.45, 2.75) is 32.5 Å². The third-order valence-corrected chi connectivity index (χ3v) is 6.03. The van der Waals surface area contributed by atoms with E-state index < -0.39 is 11.4 Å². The Hall–Kier alpha value is -3.27. The van der Waals surface area contributed by atoms with Crippen LogP contribution >= 0.6 is 0 Å². The van der Waals surface area contributed by atoms with E-state index >= 15 is 0 Å². The Bertz CT molecular complexity index is 1030. The fourth-order valence-corrected chi connectivity index (χ4v) is 4.23. The van der Waals surface area contributed by atoms with Crippen LogP contribution in [0.15, 0.2) is 30.6 Å². The largest absolute Gasteiger partial charge is 0.378 e. The summed E-state index contributed by atoms with van der Waals surface area (Å²) in [6, 6.07) is 5.85. The molecule has 2 aliphatic rings. The first-order chi connectivity index (χ1) is 15.3. The van der Waals surface area contributed by atoms with Crippen LogP contribution in [-0.2, 0) is 22.6 Å². The van der Waals surface area contributed by atoms with Crippen molar-refractivity contribution in [1.82, 2.24) is 24.7 Å². The molecular weight excluding hydrogens is 417 g/mol. The monoisotopic (exact) mass is 443 g/mol. The molecule has 1 aromatic heterocycles. The zero-order chi connectivity index (χ0) is 22.9. The first-order valence-electron chi connectivity index (χ1n) is 10.6. The summed E-state index contributed by atoms with van der Waals surface area (Å²) >= 11 is 0. The smallest absolute Gasteiger partial charge is 0.275 e. The summed E-state index contributed by atoms with van der Waals surface area (Å²) in [7, 11) is 0. The number of aromatic nitrogens is 2. The molecule has 1 N–H and O–H groups in total. The summed E-state index contributed by atoms with van der Waals surface area (Å²) < 4.78 is 20.0. The van der Waals surface area contributed by atoms with E-state index in [4.69, 9.17) is 4.74 Å². The van der Waals surface area contributed by atoms with Crippen LogP contribution < -0.4 is 5.32 Å². The molecule has 0 spiro atoms. The molecule has 4 rings (SSSR count). The molecule has 1 atom stereocenters. The Kier molecular flexibility index (Phi) is 5.96. The average molecular weight is 443 g/mol. The van der Waals surface area contributed by atoms with Gasteiger partial charge >= 0.3 is 0 Å². The molecule has 0 aliphatic carbocycles. The molecule has 0 radical (unpaired) electrons. The highest BCUT2D eigenvalue weighted by Crippen LogP contribution is 2.29. The predicted octanol–water partition coefficient (Wildman–Crippen LogP) is 1.05. The number of likely N-dealkylation sites (N-methyl/N-ethyl adjacent to an activating group) is 1. The maximum atomic E-state index is 13.4. The number of imidazole rings is 1. The van der Waals surface area contributed by atoms with Gasteiger partial charge in [-0.2, -0.15) is 0 Å². The van der Waals surface area contributed by atoms with E-state index in [1.807, 2.05) is 0 Å². The van der Waals surface area contributed by atoms with E-state index in [0.29, 0.717) is 26.3 Å². The lowest BCUT2D eigenvalue weighted by Crippen LogP contribution is -2.63. The van der Waals surface area contributed by atoms with E-state index in [9.17, 15) is 18.8 Å². The van der Waals surface area contributed by atoms with Gasteiger partial charge in [-0.1, -0.05) is 12.1 Å². The fourth-order valence-electron chi connectivity index (χ4n) is 4.23. The van der Waals surface area contributed by atoms with Crippen molar-refractivity contribution in [2.75, 3.05) is 32.8 Å². The number of amides is 3. The van der Waals surface area contributed by atoms with Gasteiger partial charge in [0.2, 0.25) is 5.91 Å². The molecule has 10 heteroatoms. The number of hydrogen-bond donors (Lipinski definition) is 1. The minimum atomic E-state index is -1.17. The van der Waals surface area contributed by atoms with Crippen LogP contribution in [0.25, 0.3) is 0 Å². The lowest BCUT2D eigenvalue weighted by atomic mass is 9.94. The molecule has 0 unspecified atom stereocenters. The lowest BCUT2D eigenvalue weighted by molar-refractivity contribution is -0.132. The summed E-state index contributed by atoms with van der Waals surface area (Å²) in [4.78, 5) is 46.9. The number of halogens is 1. The second-order valence-electron chi connectivity index (χ2n) is 8.11. The van der Waals surface area contributed by atoms with E-state index in [-0.39, 0.29) is 48.7 Å². The number of morpholine rings is 1. The quantitative estimate of drug-likeness (QED) is 0.745. The van der Waals surface area contributed by atoms with Crippen molar-refractivity contribution in [1.29, 1.82) is 0 Å². The predicted molar refractivity (Wildman–Crippen MR) is 112 cm³/mol. The summed E-state index contributed by atoms with van der Waals surface area (Å²) in [5.41, 5.74) is -0.120. The van der Waals surface area contributed by atoms with E-state index in [0.717, 1.165) is 5.56 Å². The molecule has 1 saturated heterocycles. The van der Waals surface area contributed by atoms with Gasteiger partial charge in [-0.05, 0) is 31.5 Å². The molecule has 170 valence electrons. The van der Waals surface area contributed by atoms with E-state index in [2.05, 4.69) is 10.3 Å². The van der Waals surface area contributed by atoms with Gasteiger partial charge in [-0.15, -0.1) is 0 Å². The SMILES string of the molecule is CCN1C(=O)c2c(C(=O)N3CCOCC3)ncn2C[C@@]1(C)C(=O)NCc1ccc(F)cc1. The summed E-state index contributed by atoms with van der Waals surface area (Å²) in [5, 5.41) is 2.85. The normalized spacial score (nSPS) is 20.8. The number of fused-ring (bicyclic) bond motifs is 1. The van der Waals surface area contributed by atoms with Crippen molar-refractivity contribution in [3.63, 3.8) is 0 Å². The van der Waals surface area contributed by atoms with Crippen LogP contribution in [0.3, 0.4) is 0 Å². The maximum Gasteiger partial charge on any atom is 0.275 e. The molecular formula is C22H26FN5O4. The number of carbonyl (C=O) groups is 3. The van der Waals surface area contributed by atoms with Gasteiger partial charge in [0.1, 0.15) is 17.1 Å². The topological polar surface area (TPSA) is 96.8 Å².